The normalized spacial score (nSPS) is 21.7. The number of allylic oxidation sites excluding steroid dienone is 6. The first kappa shape index (κ1) is 10.7. The maximum absolute atomic E-state index is 2.60. The number of hydrogen-bond donors (Lipinski definition) is 0. The minimum absolute atomic E-state index is 1.10. The van der Waals surface area contributed by atoms with E-state index in [1.165, 1.54) is 50.9 Å². The molecule has 0 aromatic carbocycles. The van der Waals surface area contributed by atoms with Crippen molar-refractivity contribution in [2.45, 2.75) is 32.1 Å². The van der Waals surface area contributed by atoms with Crippen LogP contribution in [0.2, 0.25) is 0 Å². The predicted octanol–water partition coefficient (Wildman–Crippen LogP) is 3.30. The second-order valence-corrected chi connectivity index (χ2v) is 4.45. The Kier molecular flexibility index (Phi) is 4.22. The fourth-order valence-corrected chi connectivity index (χ4v) is 2.32. The van der Waals surface area contributed by atoms with Crippen LogP contribution >= 0.6 is 0 Å². The van der Waals surface area contributed by atoms with E-state index in [1.807, 2.05) is 0 Å². The molecule has 0 atom stereocenters. The summed E-state index contributed by atoms with van der Waals surface area (Å²) >= 11 is 0. The summed E-state index contributed by atoms with van der Waals surface area (Å²) in [4.78, 5) is 2.60. The average molecular weight is 203 g/mol. The quantitative estimate of drug-likeness (QED) is 0.677. The molecule has 1 saturated heterocycles. The number of hydrogen-bond acceptors (Lipinski definition) is 1. The van der Waals surface area contributed by atoms with Crippen LogP contribution in [-0.4, -0.2) is 24.5 Å². The van der Waals surface area contributed by atoms with Crippen molar-refractivity contribution < 1.29 is 0 Å². The third-order valence-corrected chi connectivity index (χ3v) is 3.21. The Morgan fingerprint density at radius 3 is 2.87 bits per heavy atom. The van der Waals surface area contributed by atoms with Crippen LogP contribution in [0.1, 0.15) is 32.1 Å². The van der Waals surface area contributed by atoms with E-state index < -0.39 is 0 Å². The summed E-state index contributed by atoms with van der Waals surface area (Å²) in [5, 5.41) is 0. The Labute approximate surface area is 93.2 Å². The maximum atomic E-state index is 2.60. The Morgan fingerprint density at radius 1 is 1.13 bits per heavy atom. The SMILES string of the molecule is C1=CCC=C(CCCN2CCCC2)C=C1. The van der Waals surface area contributed by atoms with Gasteiger partial charge in [0.05, 0.1) is 0 Å². The van der Waals surface area contributed by atoms with Crippen molar-refractivity contribution in [2.24, 2.45) is 0 Å². The summed E-state index contributed by atoms with van der Waals surface area (Å²) in [6, 6.07) is 0. The molecule has 1 nitrogen and oxygen atoms in total. The van der Waals surface area contributed by atoms with Crippen LogP contribution in [0.15, 0.2) is 36.0 Å². The topological polar surface area (TPSA) is 3.24 Å². The fourth-order valence-electron chi connectivity index (χ4n) is 2.32. The number of likely N-dealkylation sites (tertiary alicyclic amines) is 1. The van der Waals surface area contributed by atoms with Gasteiger partial charge in [0.15, 0.2) is 0 Å². The highest BCUT2D eigenvalue weighted by Gasteiger charge is 2.10. The smallest absolute Gasteiger partial charge is 0.00156 e. The van der Waals surface area contributed by atoms with Crippen LogP contribution in [0, 0.1) is 0 Å². The van der Waals surface area contributed by atoms with Gasteiger partial charge in [-0.25, -0.2) is 0 Å². The molecule has 1 heteroatoms. The number of rotatable bonds is 4. The van der Waals surface area contributed by atoms with Gasteiger partial charge >= 0.3 is 0 Å². The number of nitrogens with zero attached hydrogens (tertiary/aromatic N) is 1. The predicted molar refractivity (Wildman–Crippen MR) is 65.9 cm³/mol. The lowest BCUT2D eigenvalue weighted by molar-refractivity contribution is 0.334. The molecule has 0 aromatic heterocycles. The lowest BCUT2D eigenvalue weighted by Crippen LogP contribution is -2.20. The fraction of sp³-hybridized carbons (Fsp3) is 0.571. The van der Waals surface area contributed by atoms with Gasteiger partial charge < -0.3 is 4.90 Å². The molecule has 1 fully saturated rings. The molecule has 0 unspecified atom stereocenters. The van der Waals surface area contributed by atoms with Crippen molar-refractivity contribution in [3.63, 3.8) is 0 Å². The molecule has 0 bridgehead atoms. The van der Waals surface area contributed by atoms with Crippen LogP contribution in [0.5, 0.6) is 0 Å². The van der Waals surface area contributed by atoms with E-state index in [1.54, 1.807) is 0 Å². The van der Waals surface area contributed by atoms with E-state index in [4.69, 9.17) is 0 Å². The molecule has 0 amide bonds. The molecule has 15 heavy (non-hydrogen) atoms. The first-order valence-electron chi connectivity index (χ1n) is 6.20. The van der Waals surface area contributed by atoms with Crippen LogP contribution in [-0.2, 0) is 0 Å². The molecule has 2 aliphatic rings. The van der Waals surface area contributed by atoms with E-state index in [2.05, 4.69) is 35.3 Å². The molecule has 82 valence electrons. The van der Waals surface area contributed by atoms with E-state index >= 15 is 0 Å². The zero-order chi connectivity index (χ0) is 10.3. The monoisotopic (exact) mass is 203 g/mol. The third kappa shape index (κ3) is 3.67. The third-order valence-electron chi connectivity index (χ3n) is 3.21. The maximum Gasteiger partial charge on any atom is -0.00156 e. The van der Waals surface area contributed by atoms with Crippen LogP contribution in [0.4, 0.5) is 0 Å². The molecule has 0 aromatic rings. The second-order valence-electron chi connectivity index (χ2n) is 4.45. The molecule has 0 saturated carbocycles. The van der Waals surface area contributed by atoms with Crippen molar-refractivity contribution in [3.8, 4) is 0 Å². The summed E-state index contributed by atoms with van der Waals surface area (Å²) in [6.07, 6.45) is 17.6. The van der Waals surface area contributed by atoms with Crippen LogP contribution in [0.25, 0.3) is 0 Å². The van der Waals surface area contributed by atoms with Gasteiger partial charge in [0, 0.05) is 0 Å². The van der Waals surface area contributed by atoms with Gasteiger partial charge in [-0.3, -0.25) is 0 Å². The molecule has 0 spiro atoms. The molecule has 1 aliphatic carbocycles. The standard InChI is InChI=1S/C14H21N/c1-2-4-9-14(8-3-1)10-7-13-15-11-5-6-12-15/h1-3,8-9H,4-7,10-13H2. The highest BCUT2D eigenvalue weighted by atomic mass is 15.1. The Hall–Kier alpha value is -0.820. The molecular formula is C14H21N. The highest BCUT2D eigenvalue weighted by molar-refractivity contribution is 5.26. The lowest BCUT2D eigenvalue weighted by atomic mass is 10.1. The minimum atomic E-state index is 1.10. The molecular weight excluding hydrogens is 182 g/mol. The first-order chi connectivity index (χ1) is 7.45. The molecule has 1 heterocycles. The average Bonchev–Trinajstić information content (AvgIpc) is 2.62. The van der Waals surface area contributed by atoms with E-state index in [0.717, 1.165) is 6.42 Å². The zero-order valence-corrected chi connectivity index (χ0v) is 9.49. The van der Waals surface area contributed by atoms with Gasteiger partial charge in [0.2, 0.25) is 0 Å². The van der Waals surface area contributed by atoms with Gasteiger partial charge in [-0.1, -0.05) is 36.0 Å². The molecule has 2 rings (SSSR count). The van der Waals surface area contributed by atoms with E-state index in [9.17, 15) is 0 Å². The summed E-state index contributed by atoms with van der Waals surface area (Å²) in [5.74, 6) is 0. The van der Waals surface area contributed by atoms with Crippen molar-refractivity contribution in [1.29, 1.82) is 0 Å². The van der Waals surface area contributed by atoms with Crippen molar-refractivity contribution in [3.05, 3.63) is 36.0 Å². The molecule has 0 N–H and O–H groups in total. The summed E-state index contributed by atoms with van der Waals surface area (Å²) in [6.45, 7) is 3.95. The van der Waals surface area contributed by atoms with Crippen LogP contribution < -0.4 is 0 Å². The summed E-state index contributed by atoms with van der Waals surface area (Å²) < 4.78 is 0. The summed E-state index contributed by atoms with van der Waals surface area (Å²) in [7, 11) is 0. The highest BCUT2D eigenvalue weighted by Crippen LogP contribution is 2.14. The first-order valence-corrected chi connectivity index (χ1v) is 6.20. The largest absolute Gasteiger partial charge is 0.303 e. The van der Waals surface area contributed by atoms with Gasteiger partial charge in [-0.05, 0) is 51.7 Å². The van der Waals surface area contributed by atoms with Gasteiger partial charge in [-0.2, -0.15) is 0 Å². The Bertz CT molecular complexity index is 267. The van der Waals surface area contributed by atoms with Gasteiger partial charge in [0.1, 0.15) is 0 Å². The Balaban J connectivity index is 1.66. The van der Waals surface area contributed by atoms with Gasteiger partial charge in [-0.15, -0.1) is 0 Å². The summed E-state index contributed by atoms with van der Waals surface area (Å²) in [5.41, 5.74) is 1.51. The van der Waals surface area contributed by atoms with Gasteiger partial charge in [0.25, 0.3) is 0 Å². The minimum Gasteiger partial charge on any atom is -0.303 e. The van der Waals surface area contributed by atoms with Crippen LogP contribution in [0.3, 0.4) is 0 Å². The molecule has 1 aliphatic heterocycles. The van der Waals surface area contributed by atoms with Crippen molar-refractivity contribution >= 4 is 0 Å². The Morgan fingerprint density at radius 2 is 2.00 bits per heavy atom. The molecule has 0 radical (unpaired) electrons. The van der Waals surface area contributed by atoms with E-state index in [-0.39, 0.29) is 0 Å². The van der Waals surface area contributed by atoms with E-state index in [0.29, 0.717) is 0 Å². The van der Waals surface area contributed by atoms with Crippen molar-refractivity contribution in [1.82, 2.24) is 4.90 Å². The lowest BCUT2D eigenvalue weighted by Gasteiger charge is -2.14. The zero-order valence-electron chi connectivity index (χ0n) is 9.49. The second kappa shape index (κ2) is 5.92. The van der Waals surface area contributed by atoms with Crippen molar-refractivity contribution in [2.75, 3.05) is 19.6 Å².